The molecule has 1 amide bonds. The van der Waals surface area contributed by atoms with E-state index in [1.165, 1.54) is 25.9 Å². The van der Waals surface area contributed by atoms with E-state index >= 15 is 0 Å². The maximum absolute atomic E-state index is 12.0. The molecule has 16 heavy (non-hydrogen) atoms. The number of amides is 1. The zero-order valence-electron chi connectivity index (χ0n) is 10.3. The van der Waals surface area contributed by atoms with Gasteiger partial charge in [-0.1, -0.05) is 6.92 Å². The number of fused-ring (bicyclic) bond motifs is 3. The summed E-state index contributed by atoms with van der Waals surface area (Å²) < 4.78 is 0. The van der Waals surface area contributed by atoms with E-state index in [0.29, 0.717) is 18.4 Å². The Morgan fingerprint density at radius 3 is 2.56 bits per heavy atom. The second kappa shape index (κ2) is 4.34. The van der Waals surface area contributed by atoms with Gasteiger partial charge in [-0.25, -0.2) is 0 Å². The summed E-state index contributed by atoms with van der Waals surface area (Å²) in [6, 6.07) is 0.324. The first kappa shape index (κ1) is 11.9. The largest absolute Gasteiger partial charge is 0.350 e. The Morgan fingerprint density at radius 2 is 2.12 bits per heavy atom. The van der Waals surface area contributed by atoms with Crippen LogP contribution < -0.4 is 11.1 Å². The highest BCUT2D eigenvalue weighted by Crippen LogP contribution is 2.27. The lowest BCUT2D eigenvalue weighted by molar-refractivity contribution is -0.128. The fourth-order valence-electron chi connectivity index (χ4n) is 2.62. The van der Waals surface area contributed by atoms with Gasteiger partial charge in [0.2, 0.25) is 5.91 Å². The molecule has 0 aromatic carbocycles. The fraction of sp³-hybridized carbons (Fsp3) is 0.917. The number of nitrogens with one attached hydrogen (secondary N) is 1. The van der Waals surface area contributed by atoms with Crippen LogP contribution in [0.2, 0.25) is 0 Å². The summed E-state index contributed by atoms with van der Waals surface area (Å²) in [5, 5.41) is 3.14. The zero-order valence-corrected chi connectivity index (χ0v) is 10.3. The summed E-state index contributed by atoms with van der Waals surface area (Å²) >= 11 is 0. The van der Waals surface area contributed by atoms with Crippen molar-refractivity contribution in [3.63, 3.8) is 0 Å². The third kappa shape index (κ3) is 2.23. The number of rotatable bonds is 3. The number of carbonyl (C=O) groups is 1. The van der Waals surface area contributed by atoms with E-state index in [1.54, 1.807) is 0 Å². The molecular weight excluding hydrogens is 202 g/mol. The highest BCUT2D eigenvalue weighted by molar-refractivity contribution is 5.85. The number of piperidine rings is 3. The Balaban J connectivity index is 1.93. The second-order valence-electron chi connectivity index (χ2n) is 5.49. The Hall–Kier alpha value is -0.610. The van der Waals surface area contributed by atoms with E-state index in [0.717, 1.165) is 6.54 Å². The van der Waals surface area contributed by atoms with Crippen LogP contribution in [-0.2, 0) is 4.79 Å². The predicted octanol–water partition coefficient (Wildman–Crippen LogP) is 0.324. The number of hydrogen-bond acceptors (Lipinski definition) is 3. The number of nitrogens with zero attached hydrogens (tertiary/aromatic N) is 1. The van der Waals surface area contributed by atoms with Gasteiger partial charge in [0.05, 0.1) is 5.54 Å². The number of nitrogens with two attached hydrogens (primary N) is 1. The predicted molar refractivity (Wildman–Crippen MR) is 64.0 cm³/mol. The first-order chi connectivity index (χ1) is 7.53. The molecular formula is C12H23N3O. The molecule has 0 spiro atoms. The third-order valence-electron chi connectivity index (χ3n) is 4.23. The summed E-state index contributed by atoms with van der Waals surface area (Å²) in [7, 11) is 0. The van der Waals surface area contributed by atoms with Gasteiger partial charge in [0, 0.05) is 12.6 Å². The third-order valence-corrected chi connectivity index (χ3v) is 4.23. The molecule has 0 aliphatic carbocycles. The van der Waals surface area contributed by atoms with Crippen molar-refractivity contribution in [1.82, 2.24) is 10.2 Å². The van der Waals surface area contributed by atoms with Crippen LogP contribution >= 0.6 is 0 Å². The first-order valence-electron chi connectivity index (χ1n) is 6.35. The van der Waals surface area contributed by atoms with Crippen LogP contribution in [0.5, 0.6) is 0 Å². The van der Waals surface area contributed by atoms with Crippen LogP contribution in [-0.4, -0.2) is 42.0 Å². The summed E-state index contributed by atoms with van der Waals surface area (Å²) in [5.74, 6) is 0.676. The molecule has 0 saturated carbocycles. The van der Waals surface area contributed by atoms with Gasteiger partial charge in [0.15, 0.2) is 0 Å². The smallest absolute Gasteiger partial charge is 0.240 e. The maximum atomic E-state index is 12.0. The molecule has 2 bridgehead atoms. The minimum atomic E-state index is -0.716. The molecule has 3 saturated heterocycles. The SMILES string of the molecule is CCC(C)(N)C(=O)NC1CN2CCC1CC2. The minimum absolute atomic E-state index is 0.00810. The van der Waals surface area contributed by atoms with Crippen LogP contribution in [0.1, 0.15) is 33.1 Å². The highest BCUT2D eigenvalue weighted by Gasteiger charge is 2.37. The monoisotopic (exact) mass is 225 g/mol. The molecule has 0 radical (unpaired) electrons. The average molecular weight is 225 g/mol. The molecule has 0 aromatic heterocycles. The van der Waals surface area contributed by atoms with Gasteiger partial charge < -0.3 is 16.0 Å². The van der Waals surface area contributed by atoms with E-state index in [1.807, 2.05) is 13.8 Å². The fourth-order valence-corrected chi connectivity index (χ4v) is 2.62. The van der Waals surface area contributed by atoms with Gasteiger partial charge >= 0.3 is 0 Å². The van der Waals surface area contributed by atoms with E-state index < -0.39 is 5.54 Å². The summed E-state index contributed by atoms with van der Waals surface area (Å²) in [6.45, 7) is 7.17. The summed E-state index contributed by atoms with van der Waals surface area (Å²) in [4.78, 5) is 14.4. The van der Waals surface area contributed by atoms with Gasteiger partial charge in [-0.2, -0.15) is 0 Å². The van der Waals surface area contributed by atoms with Crippen LogP contribution in [0.4, 0.5) is 0 Å². The molecule has 92 valence electrons. The van der Waals surface area contributed by atoms with Crippen molar-refractivity contribution in [2.75, 3.05) is 19.6 Å². The van der Waals surface area contributed by atoms with Gasteiger partial charge in [0.25, 0.3) is 0 Å². The van der Waals surface area contributed by atoms with E-state index in [4.69, 9.17) is 5.73 Å². The Kier molecular flexibility index (Phi) is 3.22. The quantitative estimate of drug-likeness (QED) is 0.727. The lowest BCUT2D eigenvalue weighted by Gasteiger charge is -2.45. The molecule has 4 heteroatoms. The molecule has 3 N–H and O–H groups in total. The topological polar surface area (TPSA) is 58.4 Å². The van der Waals surface area contributed by atoms with Gasteiger partial charge in [0.1, 0.15) is 0 Å². The lowest BCUT2D eigenvalue weighted by Crippen LogP contribution is -2.61. The van der Waals surface area contributed by atoms with Crippen molar-refractivity contribution < 1.29 is 4.79 Å². The van der Waals surface area contributed by atoms with E-state index in [9.17, 15) is 4.79 Å². The number of hydrogen-bond donors (Lipinski definition) is 2. The van der Waals surface area contributed by atoms with Crippen LogP contribution in [0.3, 0.4) is 0 Å². The Morgan fingerprint density at radius 1 is 1.50 bits per heavy atom. The first-order valence-corrected chi connectivity index (χ1v) is 6.35. The molecule has 0 aromatic rings. The van der Waals surface area contributed by atoms with Crippen molar-refractivity contribution in [2.24, 2.45) is 11.7 Å². The molecule has 3 fully saturated rings. The van der Waals surface area contributed by atoms with Crippen molar-refractivity contribution in [2.45, 2.75) is 44.7 Å². The molecule has 3 heterocycles. The molecule has 4 nitrogen and oxygen atoms in total. The van der Waals surface area contributed by atoms with E-state index in [2.05, 4.69) is 10.2 Å². The normalized spacial score (nSPS) is 36.8. The lowest BCUT2D eigenvalue weighted by atomic mass is 9.83. The average Bonchev–Trinajstić information content (AvgIpc) is 2.30. The Bertz CT molecular complexity index is 269. The summed E-state index contributed by atoms with van der Waals surface area (Å²) in [6.07, 6.45) is 3.12. The Labute approximate surface area is 97.6 Å². The van der Waals surface area contributed by atoms with Gasteiger partial charge in [-0.15, -0.1) is 0 Å². The van der Waals surface area contributed by atoms with Crippen LogP contribution in [0.15, 0.2) is 0 Å². The van der Waals surface area contributed by atoms with Crippen molar-refractivity contribution in [3.8, 4) is 0 Å². The zero-order chi connectivity index (χ0) is 11.8. The maximum Gasteiger partial charge on any atom is 0.240 e. The molecule has 3 rings (SSSR count). The van der Waals surface area contributed by atoms with Crippen molar-refractivity contribution >= 4 is 5.91 Å². The van der Waals surface area contributed by atoms with Gasteiger partial charge in [-0.3, -0.25) is 4.79 Å². The van der Waals surface area contributed by atoms with Crippen molar-refractivity contribution in [3.05, 3.63) is 0 Å². The molecule has 3 aliphatic rings. The summed E-state index contributed by atoms with van der Waals surface area (Å²) in [5.41, 5.74) is 5.23. The molecule has 2 atom stereocenters. The van der Waals surface area contributed by atoms with Crippen LogP contribution in [0, 0.1) is 5.92 Å². The standard InChI is InChI=1S/C12H23N3O/c1-3-12(2,13)11(16)14-10-8-15-6-4-9(10)5-7-15/h9-10H,3-8,13H2,1-2H3,(H,14,16). The molecule has 2 unspecified atom stereocenters. The second-order valence-corrected chi connectivity index (χ2v) is 5.49. The van der Waals surface area contributed by atoms with Crippen molar-refractivity contribution in [1.29, 1.82) is 0 Å². The number of carbonyl (C=O) groups excluding carboxylic acids is 1. The van der Waals surface area contributed by atoms with Crippen LogP contribution in [0.25, 0.3) is 0 Å². The molecule has 3 aliphatic heterocycles. The minimum Gasteiger partial charge on any atom is -0.350 e. The van der Waals surface area contributed by atoms with Gasteiger partial charge in [-0.05, 0) is 45.2 Å². The van der Waals surface area contributed by atoms with E-state index in [-0.39, 0.29) is 5.91 Å². The highest BCUT2D eigenvalue weighted by atomic mass is 16.2.